The molecule has 3 nitrogen and oxygen atoms in total. The molecule has 1 aromatic rings. The molecule has 1 unspecified atom stereocenters. The van der Waals surface area contributed by atoms with E-state index < -0.39 is 0 Å². The summed E-state index contributed by atoms with van der Waals surface area (Å²) in [6, 6.07) is 12.0. The van der Waals surface area contributed by atoms with Crippen LogP contribution in [0.1, 0.15) is 26.3 Å². The van der Waals surface area contributed by atoms with Crippen molar-refractivity contribution in [3.8, 4) is 0 Å². The molecular formula is C17H29N3. The Bertz CT molecular complexity index is 369. The number of rotatable bonds is 6. The highest BCUT2D eigenvalue weighted by Gasteiger charge is 2.20. The summed E-state index contributed by atoms with van der Waals surface area (Å²) in [4.78, 5) is 5.17. The molecule has 1 aromatic carbocycles. The van der Waals surface area contributed by atoms with E-state index in [0.717, 1.165) is 13.1 Å². The van der Waals surface area contributed by atoms with E-state index in [1.165, 1.54) is 31.7 Å². The maximum atomic E-state index is 3.54. The minimum atomic E-state index is 0.580. The summed E-state index contributed by atoms with van der Waals surface area (Å²) in [5.41, 5.74) is 1.43. The molecule has 0 bridgehead atoms. The highest BCUT2D eigenvalue weighted by molar-refractivity contribution is 5.14. The number of piperazine rings is 1. The molecule has 1 aliphatic rings. The quantitative estimate of drug-likeness (QED) is 0.858. The molecule has 1 N–H and O–H groups in total. The Morgan fingerprint density at radius 3 is 2.25 bits per heavy atom. The molecule has 0 spiro atoms. The third-order valence-corrected chi connectivity index (χ3v) is 4.10. The largest absolute Gasteiger partial charge is 0.313 e. The van der Waals surface area contributed by atoms with Crippen LogP contribution in [0.4, 0.5) is 0 Å². The molecular weight excluding hydrogens is 246 g/mol. The molecule has 1 aliphatic heterocycles. The van der Waals surface area contributed by atoms with Crippen LogP contribution in [-0.4, -0.2) is 54.6 Å². The van der Waals surface area contributed by atoms with Crippen LogP contribution < -0.4 is 5.32 Å². The van der Waals surface area contributed by atoms with Gasteiger partial charge in [-0.05, 0) is 12.5 Å². The summed E-state index contributed by atoms with van der Waals surface area (Å²) in [6.45, 7) is 13.7. The summed E-state index contributed by atoms with van der Waals surface area (Å²) < 4.78 is 0. The highest BCUT2D eigenvalue weighted by atomic mass is 15.3. The van der Waals surface area contributed by atoms with E-state index in [1.54, 1.807) is 0 Å². The van der Waals surface area contributed by atoms with Gasteiger partial charge in [0.15, 0.2) is 0 Å². The van der Waals surface area contributed by atoms with Crippen molar-refractivity contribution in [3.05, 3.63) is 35.9 Å². The summed E-state index contributed by atoms with van der Waals surface area (Å²) >= 11 is 0. The fourth-order valence-electron chi connectivity index (χ4n) is 2.74. The third-order valence-electron chi connectivity index (χ3n) is 4.10. The molecule has 0 radical (unpaired) electrons. The van der Waals surface area contributed by atoms with Crippen molar-refractivity contribution in [2.75, 3.05) is 32.7 Å². The van der Waals surface area contributed by atoms with Gasteiger partial charge in [-0.2, -0.15) is 0 Å². The fourth-order valence-corrected chi connectivity index (χ4v) is 2.74. The van der Waals surface area contributed by atoms with Gasteiger partial charge in [-0.1, -0.05) is 44.2 Å². The molecule has 112 valence electrons. The Morgan fingerprint density at radius 2 is 1.65 bits per heavy atom. The van der Waals surface area contributed by atoms with Crippen molar-refractivity contribution < 1.29 is 0 Å². The summed E-state index contributed by atoms with van der Waals surface area (Å²) in [6.07, 6.45) is 0. The maximum Gasteiger partial charge on any atom is 0.0234 e. The van der Waals surface area contributed by atoms with Gasteiger partial charge in [0.25, 0.3) is 0 Å². The van der Waals surface area contributed by atoms with Crippen molar-refractivity contribution in [1.82, 2.24) is 15.1 Å². The number of nitrogens with one attached hydrogen (secondary N) is 1. The van der Waals surface area contributed by atoms with Crippen LogP contribution in [0, 0.1) is 0 Å². The average Bonchev–Trinajstić information content (AvgIpc) is 2.46. The van der Waals surface area contributed by atoms with Crippen LogP contribution in [0.25, 0.3) is 0 Å². The molecule has 1 saturated heterocycles. The van der Waals surface area contributed by atoms with Gasteiger partial charge in [0.05, 0.1) is 0 Å². The monoisotopic (exact) mass is 275 g/mol. The first-order valence-electron chi connectivity index (χ1n) is 7.89. The molecule has 0 aliphatic carbocycles. The average molecular weight is 275 g/mol. The smallest absolute Gasteiger partial charge is 0.0234 e. The van der Waals surface area contributed by atoms with Gasteiger partial charge in [0, 0.05) is 51.4 Å². The Balaban J connectivity index is 1.72. The minimum absolute atomic E-state index is 0.580. The first-order valence-corrected chi connectivity index (χ1v) is 7.89. The van der Waals surface area contributed by atoms with Gasteiger partial charge >= 0.3 is 0 Å². The lowest BCUT2D eigenvalue weighted by molar-refractivity contribution is 0.0966. The van der Waals surface area contributed by atoms with Crippen LogP contribution in [-0.2, 0) is 6.54 Å². The van der Waals surface area contributed by atoms with Gasteiger partial charge in [-0.3, -0.25) is 9.80 Å². The maximum absolute atomic E-state index is 3.54. The Labute approximate surface area is 124 Å². The summed E-state index contributed by atoms with van der Waals surface area (Å²) in [7, 11) is 0. The lowest BCUT2D eigenvalue weighted by atomic mass is 10.1. The zero-order valence-electron chi connectivity index (χ0n) is 13.2. The van der Waals surface area contributed by atoms with E-state index in [2.05, 4.69) is 66.2 Å². The van der Waals surface area contributed by atoms with Gasteiger partial charge in [0.1, 0.15) is 0 Å². The van der Waals surface area contributed by atoms with Gasteiger partial charge in [0.2, 0.25) is 0 Å². The lowest BCUT2D eigenvalue weighted by Gasteiger charge is -2.38. The van der Waals surface area contributed by atoms with E-state index in [4.69, 9.17) is 0 Å². The Hall–Kier alpha value is -0.900. The third kappa shape index (κ3) is 4.89. The molecule has 1 atom stereocenters. The van der Waals surface area contributed by atoms with E-state index in [0.29, 0.717) is 12.1 Å². The minimum Gasteiger partial charge on any atom is -0.313 e. The number of hydrogen-bond acceptors (Lipinski definition) is 3. The predicted molar refractivity (Wildman–Crippen MR) is 85.9 cm³/mol. The summed E-state index contributed by atoms with van der Waals surface area (Å²) in [5, 5.41) is 3.54. The molecule has 0 aromatic heterocycles. The van der Waals surface area contributed by atoms with Gasteiger partial charge in [-0.25, -0.2) is 0 Å². The normalized spacial score (nSPS) is 19.4. The Morgan fingerprint density at radius 1 is 1.00 bits per heavy atom. The van der Waals surface area contributed by atoms with Gasteiger partial charge in [-0.15, -0.1) is 0 Å². The van der Waals surface area contributed by atoms with E-state index in [-0.39, 0.29) is 0 Å². The fraction of sp³-hybridized carbons (Fsp3) is 0.647. The van der Waals surface area contributed by atoms with Crippen LogP contribution in [0.15, 0.2) is 30.3 Å². The van der Waals surface area contributed by atoms with Crippen LogP contribution in [0.5, 0.6) is 0 Å². The SMILES string of the molecule is CC(C)NCC(C)N1CCN(Cc2ccccc2)CC1. The molecule has 1 fully saturated rings. The molecule has 2 rings (SSSR count). The second-order valence-electron chi connectivity index (χ2n) is 6.21. The first-order chi connectivity index (χ1) is 9.65. The second kappa shape index (κ2) is 7.77. The van der Waals surface area contributed by atoms with Crippen LogP contribution >= 0.6 is 0 Å². The molecule has 3 heteroatoms. The number of nitrogens with zero attached hydrogens (tertiary/aromatic N) is 2. The van der Waals surface area contributed by atoms with E-state index in [9.17, 15) is 0 Å². The van der Waals surface area contributed by atoms with Crippen molar-refractivity contribution in [3.63, 3.8) is 0 Å². The van der Waals surface area contributed by atoms with E-state index in [1.807, 2.05) is 0 Å². The van der Waals surface area contributed by atoms with Crippen LogP contribution in [0.2, 0.25) is 0 Å². The van der Waals surface area contributed by atoms with Crippen LogP contribution in [0.3, 0.4) is 0 Å². The van der Waals surface area contributed by atoms with Crippen molar-refractivity contribution in [2.45, 2.75) is 39.4 Å². The topological polar surface area (TPSA) is 18.5 Å². The lowest BCUT2D eigenvalue weighted by Crippen LogP contribution is -2.52. The zero-order chi connectivity index (χ0) is 14.4. The van der Waals surface area contributed by atoms with E-state index >= 15 is 0 Å². The zero-order valence-corrected chi connectivity index (χ0v) is 13.2. The molecule has 0 saturated carbocycles. The van der Waals surface area contributed by atoms with Gasteiger partial charge < -0.3 is 5.32 Å². The van der Waals surface area contributed by atoms with Crippen molar-refractivity contribution >= 4 is 0 Å². The first kappa shape index (κ1) is 15.5. The molecule has 20 heavy (non-hydrogen) atoms. The molecule has 1 heterocycles. The second-order valence-corrected chi connectivity index (χ2v) is 6.21. The molecule has 0 amide bonds. The number of benzene rings is 1. The summed E-state index contributed by atoms with van der Waals surface area (Å²) in [5.74, 6) is 0. The highest BCUT2D eigenvalue weighted by Crippen LogP contribution is 2.10. The number of hydrogen-bond donors (Lipinski definition) is 1. The predicted octanol–water partition coefficient (Wildman–Crippen LogP) is 2.19. The standard InChI is InChI=1S/C17H29N3/c1-15(2)18-13-16(3)20-11-9-19(10-12-20)14-17-7-5-4-6-8-17/h4-8,15-16,18H,9-14H2,1-3H3. The van der Waals surface area contributed by atoms with Crippen molar-refractivity contribution in [2.24, 2.45) is 0 Å². The van der Waals surface area contributed by atoms with Crippen molar-refractivity contribution in [1.29, 1.82) is 0 Å². The Kier molecular flexibility index (Phi) is 6.02.